The Labute approximate surface area is 123 Å². The maximum atomic E-state index is 12.1. The Morgan fingerprint density at radius 1 is 1.25 bits per heavy atom. The number of hydrogen-bond donors (Lipinski definition) is 1. The highest BCUT2D eigenvalue weighted by Gasteiger charge is 2.20. The number of hydrogen-bond acceptors (Lipinski definition) is 2. The fourth-order valence-electron chi connectivity index (χ4n) is 2.74. The summed E-state index contributed by atoms with van der Waals surface area (Å²) in [6.07, 6.45) is 4.28. The van der Waals surface area contributed by atoms with Crippen LogP contribution in [0.4, 0.5) is 0 Å². The molecule has 0 radical (unpaired) electrons. The topological polar surface area (TPSA) is 42.2 Å². The molecule has 1 heterocycles. The molecule has 1 N–H and O–H groups in total. The molecule has 0 bridgehead atoms. The van der Waals surface area contributed by atoms with Crippen LogP contribution in [-0.4, -0.2) is 17.8 Å². The van der Waals surface area contributed by atoms with Gasteiger partial charge in [0.25, 0.3) is 5.91 Å². The molecule has 0 atom stereocenters. The highest BCUT2D eigenvalue weighted by molar-refractivity contribution is 6.20. The average Bonchev–Trinajstić information content (AvgIpc) is 2.90. The quantitative estimate of drug-likeness (QED) is 0.870. The fourth-order valence-corrected chi connectivity index (χ4v) is 3.00. The molecule has 1 aromatic heterocycles. The van der Waals surface area contributed by atoms with Gasteiger partial charge in [-0.05, 0) is 43.7 Å². The molecular weight excluding hydrogens is 274 g/mol. The SMILES string of the molecule is O=C(NCC1CCC(Cl)CC1)c1cc2ccccc2o1. The highest BCUT2D eigenvalue weighted by Crippen LogP contribution is 2.27. The summed E-state index contributed by atoms with van der Waals surface area (Å²) < 4.78 is 5.55. The van der Waals surface area contributed by atoms with Crippen LogP contribution in [0.25, 0.3) is 11.0 Å². The van der Waals surface area contributed by atoms with Gasteiger partial charge in [-0.25, -0.2) is 0 Å². The van der Waals surface area contributed by atoms with Gasteiger partial charge in [-0.15, -0.1) is 11.6 Å². The van der Waals surface area contributed by atoms with Crippen molar-refractivity contribution < 1.29 is 9.21 Å². The Kier molecular flexibility index (Phi) is 3.97. The second-order valence-electron chi connectivity index (χ2n) is 5.48. The number of halogens is 1. The maximum absolute atomic E-state index is 12.1. The Bertz CT molecular complexity index is 566. The number of para-hydroxylation sites is 1. The van der Waals surface area contributed by atoms with E-state index in [1.54, 1.807) is 6.07 Å². The summed E-state index contributed by atoms with van der Waals surface area (Å²) in [6.45, 7) is 0.708. The van der Waals surface area contributed by atoms with E-state index in [0.717, 1.165) is 36.7 Å². The van der Waals surface area contributed by atoms with Gasteiger partial charge in [0.1, 0.15) is 5.58 Å². The molecule has 0 unspecified atom stereocenters. The van der Waals surface area contributed by atoms with Crippen LogP contribution in [0.1, 0.15) is 36.2 Å². The number of nitrogens with one attached hydrogen (secondary N) is 1. The predicted octanol–water partition coefficient (Wildman–Crippen LogP) is 3.96. The van der Waals surface area contributed by atoms with Crippen molar-refractivity contribution in [1.29, 1.82) is 0 Å². The van der Waals surface area contributed by atoms with Crippen molar-refractivity contribution in [3.05, 3.63) is 36.1 Å². The molecule has 0 saturated heterocycles. The number of carbonyl (C=O) groups is 1. The lowest BCUT2D eigenvalue weighted by atomic mass is 9.89. The number of benzene rings is 1. The van der Waals surface area contributed by atoms with Crippen molar-refractivity contribution in [2.45, 2.75) is 31.1 Å². The van der Waals surface area contributed by atoms with E-state index in [1.165, 1.54) is 0 Å². The van der Waals surface area contributed by atoms with E-state index in [9.17, 15) is 4.79 Å². The third-order valence-corrected chi connectivity index (χ3v) is 4.41. The van der Waals surface area contributed by atoms with Gasteiger partial charge >= 0.3 is 0 Å². The fraction of sp³-hybridized carbons (Fsp3) is 0.438. The summed E-state index contributed by atoms with van der Waals surface area (Å²) in [5.74, 6) is 0.796. The molecular formula is C16H18ClNO2. The predicted molar refractivity (Wildman–Crippen MR) is 80.1 cm³/mol. The molecule has 1 amide bonds. The van der Waals surface area contributed by atoms with Crippen molar-refractivity contribution in [2.24, 2.45) is 5.92 Å². The van der Waals surface area contributed by atoms with Crippen LogP contribution in [-0.2, 0) is 0 Å². The van der Waals surface area contributed by atoms with E-state index in [4.69, 9.17) is 16.0 Å². The summed E-state index contributed by atoms with van der Waals surface area (Å²) in [5, 5.41) is 4.24. The first-order chi connectivity index (χ1) is 9.72. The van der Waals surface area contributed by atoms with Crippen LogP contribution >= 0.6 is 11.6 Å². The van der Waals surface area contributed by atoms with Crippen LogP contribution in [0.5, 0.6) is 0 Å². The number of carbonyl (C=O) groups excluding carboxylic acids is 1. The monoisotopic (exact) mass is 291 g/mol. The summed E-state index contributed by atoms with van der Waals surface area (Å²) in [4.78, 5) is 12.1. The lowest BCUT2D eigenvalue weighted by Crippen LogP contribution is -2.31. The normalized spacial score (nSPS) is 22.9. The zero-order chi connectivity index (χ0) is 13.9. The first-order valence-electron chi connectivity index (χ1n) is 7.13. The molecule has 3 nitrogen and oxygen atoms in total. The number of furan rings is 1. The molecule has 3 rings (SSSR count). The average molecular weight is 292 g/mol. The van der Waals surface area contributed by atoms with Crippen LogP contribution in [0.3, 0.4) is 0 Å². The van der Waals surface area contributed by atoms with Crippen LogP contribution in [0.2, 0.25) is 0 Å². The molecule has 4 heteroatoms. The van der Waals surface area contributed by atoms with E-state index in [1.807, 2.05) is 24.3 Å². The minimum absolute atomic E-state index is 0.130. The third kappa shape index (κ3) is 2.98. The molecule has 1 aliphatic rings. The van der Waals surface area contributed by atoms with E-state index < -0.39 is 0 Å². The van der Waals surface area contributed by atoms with E-state index in [2.05, 4.69) is 5.32 Å². The lowest BCUT2D eigenvalue weighted by Gasteiger charge is -2.24. The van der Waals surface area contributed by atoms with Crippen molar-refractivity contribution in [3.63, 3.8) is 0 Å². The summed E-state index contributed by atoms with van der Waals surface area (Å²) >= 11 is 6.08. The molecule has 1 fully saturated rings. The summed E-state index contributed by atoms with van der Waals surface area (Å²) in [6, 6.07) is 9.44. The van der Waals surface area contributed by atoms with Crippen LogP contribution in [0, 0.1) is 5.92 Å². The van der Waals surface area contributed by atoms with E-state index in [-0.39, 0.29) is 5.91 Å². The Hall–Kier alpha value is -1.48. The lowest BCUT2D eigenvalue weighted by molar-refractivity contribution is 0.0918. The maximum Gasteiger partial charge on any atom is 0.287 e. The third-order valence-electron chi connectivity index (χ3n) is 3.98. The molecule has 0 aliphatic heterocycles. The van der Waals surface area contributed by atoms with Crippen LogP contribution in [0.15, 0.2) is 34.7 Å². The number of rotatable bonds is 3. The molecule has 0 spiro atoms. The van der Waals surface area contributed by atoms with Crippen LogP contribution < -0.4 is 5.32 Å². The van der Waals surface area contributed by atoms with E-state index in [0.29, 0.717) is 23.6 Å². The minimum Gasteiger partial charge on any atom is -0.451 e. The smallest absolute Gasteiger partial charge is 0.287 e. The highest BCUT2D eigenvalue weighted by atomic mass is 35.5. The van der Waals surface area contributed by atoms with Gasteiger partial charge in [0, 0.05) is 17.3 Å². The second kappa shape index (κ2) is 5.88. The Morgan fingerprint density at radius 3 is 2.75 bits per heavy atom. The van der Waals surface area contributed by atoms with Crippen molar-refractivity contribution in [2.75, 3.05) is 6.54 Å². The second-order valence-corrected chi connectivity index (χ2v) is 6.09. The van der Waals surface area contributed by atoms with Gasteiger partial charge in [0.05, 0.1) is 0 Å². The molecule has 1 aromatic carbocycles. The first kappa shape index (κ1) is 13.5. The molecule has 1 aliphatic carbocycles. The number of alkyl halides is 1. The Balaban J connectivity index is 1.59. The van der Waals surface area contributed by atoms with Crippen molar-refractivity contribution in [1.82, 2.24) is 5.32 Å². The van der Waals surface area contributed by atoms with Crippen molar-refractivity contribution in [3.8, 4) is 0 Å². The standard InChI is InChI=1S/C16H18ClNO2/c17-13-7-5-11(6-8-13)10-18-16(19)15-9-12-3-1-2-4-14(12)20-15/h1-4,9,11,13H,5-8,10H2,(H,18,19). The molecule has 1 saturated carbocycles. The zero-order valence-electron chi connectivity index (χ0n) is 11.3. The van der Waals surface area contributed by atoms with Gasteiger partial charge in [-0.2, -0.15) is 0 Å². The minimum atomic E-state index is -0.130. The largest absolute Gasteiger partial charge is 0.451 e. The first-order valence-corrected chi connectivity index (χ1v) is 7.57. The molecule has 106 valence electrons. The van der Waals surface area contributed by atoms with Gasteiger partial charge < -0.3 is 9.73 Å². The van der Waals surface area contributed by atoms with Gasteiger partial charge in [0.15, 0.2) is 5.76 Å². The molecule has 2 aromatic rings. The van der Waals surface area contributed by atoms with Crippen molar-refractivity contribution >= 4 is 28.5 Å². The van der Waals surface area contributed by atoms with Gasteiger partial charge in [0.2, 0.25) is 0 Å². The van der Waals surface area contributed by atoms with Gasteiger partial charge in [-0.1, -0.05) is 18.2 Å². The number of fused-ring (bicyclic) bond motifs is 1. The zero-order valence-corrected chi connectivity index (χ0v) is 12.0. The van der Waals surface area contributed by atoms with Gasteiger partial charge in [-0.3, -0.25) is 4.79 Å². The summed E-state index contributed by atoms with van der Waals surface area (Å²) in [5.41, 5.74) is 0.750. The Morgan fingerprint density at radius 2 is 2.00 bits per heavy atom. The summed E-state index contributed by atoms with van der Waals surface area (Å²) in [7, 11) is 0. The molecule has 20 heavy (non-hydrogen) atoms. The van der Waals surface area contributed by atoms with E-state index >= 15 is 0 Å². The number of amides is 1.